The number of fused-ring (bicyclic) bond motifs is 1. The second-order valence-corrected chi connectivity index (χ2v) is 8.62. The standard InChI is InChI=1S/C21H40N2/c1-7-10-11-14-22-19(13-9-3)21-18(20(21,5)6)15-17(23-21)16(4)12-8-2/h16-18,23H,7-15H2,1-6H3/b22-19+. The molecule has 2 rings (SSSR count). The number of aliphatic imine (C=N–C) groups is 1. The Morgan fingerprint density at radius 3 is 2.48 bits per heavy atom. The maximum atomic E-state index is 5.14. The lowest BCUT2D eigenvalue weighted by molar-refractivity contribution is 0.305. The van der Waals surface area contributed by atoms with Crippen molar-refractivity contribution in [3.05, 3.63) is 0 Å². The van der Waals surface area contributed by atoms with Gasteiger partial charge >= 0.3 is 0 Å². The molecule has 1 N–H and O–H groups in total. The van der Waals surface area contributed by atoms with E-state index in [-0.39, 0.29) is 5.54 Å². The summed E-state index contributed by atoms with van der Waals surface area (Å²) in [6.07, 6.45) is 10.2. The number of rotatable bonds is 10. The third kappa shape index (κ3) is 3.38. The van der Waals surface area contributed by atoms with Crippen molar-refractivity contribution >= 4 is 5.71 Å². The summed E-state index contributed by atoms with van der Waals surface area (Å²) in [5.41, 5.74) is 2.12. The summed E-state index contributed by atoms with van der Waals surface area (Å²) in [6, 6.07) is 0.700. The Kier molecular flexibility index (Phi) is 6.33. The van der Waals surface area contributed by atoms with Crippen molar-refractivity contribution in [3.8, 4) is 0 Å². The Bertz CT molecular complexity index is 412. The molecule has 0 aromatic heterocycles. The number of hydrogen-bond acceptors (Lipinski definition) is 2. The Hall–Kier alpha value is -0.370. The molecule has 1 heterocycles. The molecule has 0 bridgehead atoms. The molecule has 0 spiro atoms. The first-order valence-electron chi connectivity index (χ1n) is 10.3. The predicted octanol–water partition coefficient (Wildman–Crippen LogP) is 5.61. The van der Waals surface area contributed by atoms with Crippen LogP contribution >= 0.6 is 0 Å². The summed E-state index contributed by atoms with van der Waals surface area (Å²) < 4.78 is 0. The lowest BCUT2D eigenvalue weighted by atomic mass is 9.89. The van der Waals surface area contributed by atoms with Crippen LogP contribution in [0.3, 0.4) is 0 Å². The minimum atomic E-state index is 0.224. The largest absolute Gasteiger partial charge is 0.303 e. The third-order valence-corrected chi connectivity index (χ3v) is 6.67. The van der Waals surface area contributed by atoms with Crippen LogP contribution in [-0.2, 0) is 0 Å². The van der Waals surface area contributed by atoms with Crippen LogP contribution in [0.4, 0.5) is 0 Å². The van der Waals surface area contributed by atoms with E-state index in [2.05, 4.69) is 46.9 Å². The van der Waals surface area contributed by atoms with Crippen molar-refractivity contribution in [1.29, 1.82) is 0 Å². The van der Waals surface area contributed by atoms with Crippen molar-refractivity contribution < 1.29 is 0 Å². The summed E-state index contributed by atoms with van der Waals surface area (Å²) in [7, 11) is 0. The van der Waals surface area contributed by atoms with Gasteiger partial charge in [-0.05, 0) is 42.9 Å². The van der Waals surface area contributed by atoms with E-state index < -0.39 is 0 Å². The van der Waals surface area contributed by atoms with Gasteiger partial charge in [-0.3, -0.25) is 4.99 Å². The molecule has 2 heteroatoms. The van der Waals surface area contributed by atoms with Crippen LogP contribution < -0.4 is 5.32 Å². The van der Waals surface area contributed by atoms with Crippen molar-refractivity contribution in [3.63, 3.8) is 0 Å². The van der Waals surface area contributed by atoms with Gasteiger partial charge < -0.3 is 5.32 Å². The zero-order chi connectivity index (χ0) is 17.1. The van der Waals surface area contributed by atoms with E-state index in [4.69, 9.17) is 4.99 Å². The molecule has 4 atom stereocenters. The number of nitrogens with zero attached hydrogens (tertiary/aromatic N) is 1. The molecule has 1 aliphatic carbocycles. The molecule has 0 aromatic rings. The lowest BCUT2D eigenvalue weighted by Gasteiger charge is -2.30. The normalized spacial score (nSPS) is 33.6. The summed E-state index contributed by atoms with van der Waals surface area (Å²) in [5, 5.41) is 4.11. The Morgan fingerprint density at radius 1 is 1.13 bits per heavy atom. The molecular formula is C21H40N2. The smallest absolute Gasteiger partial charge is 0.0656 e. The second kappa shape index (κ2) is 7.68. The fourth-order valence-corrected chi connectivity index (χ4v) is 5.13. The Balaban J connectivity index is 2.12. The average Bonchev–Trinajstić information content (AvgIpc) is 2.86. The van der Waals surface area contributed by atoms with Gasteiger partial charge in [0.1, 0.15) is 0 Å². The molecule has 0 amide bonds. The molecule has 2 aliphatic rings. The summed E-state index contributed by atoms with van der Waals surface area (Å²) in [6.45, 7) is 15.3. The fraction of sp³-hybridized carbons (Fsp3) is 0.952. The summed E-state index contributed by atoms with van der Waals surface area (Å²) in [5.74, 6) is 1.60. The quantitative estimate of drug-likeness (QED) is 0.410. The van der Waals surface area contributed by atoms with Crippen molar-refractivity contribution in [1.82, 2.24) is 5.32 Å². The van der Waals surface area contributed by atoms with Crippen molar-refractivity contribution in [2.75, 3.05) is 6.54 Å². The zero-order valence-electron chi connectivity index (χ0n) is 16.5. The molecule has 23 heavy (non-hydrogen) atoms. The topological polar surface area (TPSA) is 24.4 Å². The van der Waals surface area contributed by atoms with Gasteiger partial charge in [0.05, 0.1) is 5.54 Å². The molecule has 1 saturated heterocycles. The van der Waals surface area contributed by atoms with Crippen LogP contribution in [0.2, 0.25) is 0 Å². The summed E-state index contributed by atoms with van der Waals surface area (Å²) >= 11 is 0. The van der Waals surface area contributed by atoms with E-state index in [1.54, 1.807) is 0 Å². The predicted molar refractivity (Wildman–Crippen MR) is 102 cm³/mol. The fourth-order valence-electron chi connectivity index (χ4n) is 5.13. The molecule has 0 aromatic carbocycles. The van der Waals surface area contributed by atoms with Crippen LogP contribution in [0.1, 0.15) is 92.9 Å². The van der Waals surface area contributed by atoms with Gasteiger partial charge in [-0.1, -0.05) is 67.2 Å². The molecule has 4 unspecified atom stereocenters. The van der Waals surface area contributed by atoms with Gasteiger partial charge in [-0.2, -0.15) is 0 Å². The molecule has 1 aliphatic heterocycles. The second-order valence-electron chi connectivity index (χ2n) is 8.62. The highest BCUT2D eigenvalue weighted by atomic mass is 15.2. The van der Waals surface area contributed by atoms with Gasteiger partial charge in [0.15, 0.2) is 0 Å². The molecule has 1 saturated carbocycles. The van der Waals surface area contributed by atoms with Crippen LogP contribution in [0, 0.1) is 17.3 Å². The van der Waals surface area contributed by atoms with E-state index in [9.17, 15) is 0 Å². The maximum absolute atomic E-state index is 5.14. The first-order chi connectivity index (χ1) is 11.0. The zero-order valence-corrected chi connectivity index (χ0v) is 16.5. The maximum Gasteiger partial charge on any atom is 0.0656 e. The molecule has 0 radical (unpaired) electrons. The number of hydrogen-bond donors (Lipinski definition) is 1. The van der Waals surface area contributed by atoms with E-state index in [0.717, 1.165) is 18.4 Å². The van der Waals surface area contributed by atoms with Gasteiger partial charge in [0, 0.05) is 18.3 Å². The Morgan fingerprint density at radius 2 is 1.87 bits per heavy atom. The number of nitrogens with one attached hydrogen (secondary N) is 1. The minimum absolute atomic E-state index is 0.224. The summed E-state index contributed by atoms with van der Waals surface area (Å²) in [4.78, 5) is 5.14. The van der Waals surface area contributed by atoms with E-state index in [0.29, 0.717) is 11.5 Å². The monoisotopic (exact) mass is 320 g/mol. The minimum Gasteiger partial charge on any atom is -0.303 e. The van der Waals surface area contributed by atoms with Crippen LogP contribution in [0.25, 0.3) is 0 Å². The molecular weight excluding hydrogens is 280 g/mol. The van der Waals surface area contributed by atoms with Gasteiger partial charge in [-0.15, -0.1) is 0 Å². The van der Waals surface area contributed by atoms with E-state index in [1.807, 2.05) is 0 Å². The number of unbranched alkanes of at least 4 members (excludes halogenated alkanes) is 2. The SMILES string of the molecule is CCCCC/N=C(\CCC)C12NC(C(C)CCC)CC1C2(C)C. The molecule has 2 nitrogen and oxygen atoms in total. The van der Waals surface area contributed by atoms with E-state index >= 15 is 0 Å². The van der Waals surface area contributed by atoms with Gasteiger partial charge in [-0.25, -0.2) is 0 Å². The van der Waals surface area contributed by atoms with Crippen molar-refractivity contribution in [2.24, 2.45) is 22.2 Å². The van der Waals surface area contributed by atoms with Gasteiger partial charge in [0.2, 0.25) is 0 Å². The van der Waals surface area contributed by atoms with Crippen LogP contribution in [0.15, 0.2) is 4.99 Å². The van der Waals surface area contributed by atoms with Crippen LogP contribution in [-0.4, -0.2) is 23.8 Å². The molecule has 2 fully saturated rings. The highest BCUT2D eigenvalue weighted by molar-refractivity contribution is 5.99. The average molecular weight is 321 g/mol. The first kappa shape index (κ1) is 19.0. The first-order valence-corrected chi connectivity index (χ1v) is 10.3. The highest BCUT2D eigenvalue weighted by Crippen LogP contribution is 2.68. The van der Waals surface area contributed by atoms with Gasteiger partial charge in [0.25, 0.3) is 0 Å². The third-order valence-electron chi connectivity index (χ3n) is 6.67. The Labute approximate surface area is 144 Å². The molecule has 134 valence electrons. The van der Waals surface area contributed by atoms with E-state index in [1.165, 1.54) is 57.1 Å². The van der Waals surface area contributed by atoms with Crippen molar-refractivity contribution in [2.45, 2.75) is 104 Å². The van der Waals surface area contributed by atoms with Crippen LogP contribution in [0.5, 0.6) is 0 Å². The highest BCUT2D eigenvalue weighted by Gasteiger charge is 2.76. The number of piperidine rings is 1. The lowest BCUT2D eigenvalue weighted by Crippen LogP contribution is -2.48.